The molecule has 5 aromatic rings. The lowest BCUT2D eigenvalue weighted by Gasteiger charge is -2.12. The van der Waals surface area contributed by atoms with E-state index in [0.717, 1.165) is 52.4 Å². The van der Waals surface area contributed by atoms with Crippen molar-refractivity contribution in [1.82, 2.24) is 24.7 Å². The molecular weight excluding hydrogens is 412 g/mol. The maximum atomic E-state index is 5.43. The van der Waals surface area contributed by atoms with Crippen molar-refractivity contribution in [3.05, 3.63) is 84.9 Å². The van der Waals surface area contributed by atoms with Gasteiger partial charge in [-0.05, 0) is 41.8 Å². The van der Waals surface area contributed by atoms with Crippen LogP contribution >= 0.6 is 0 Å². The molecule has 7 nitrogen and oxygen atoms in total. The highest BCUT2D eigenvalue weighted by Gasteiger charge is 2.19. The number of nitrogens with one attached hydrogen (secondary N) is 1. The van der Waals surface area contributed by atoms with Gasteiger partial charge < -0.3 is 9.84 Å². The molecule has 0 aliphatic heterocycles. The average Bonchev–Trinajstić information content (AvgIpc) is 3.47. The number of imidazole rings is 1. The van der Waals surface area contributed by atoms with Crippen LogP contribution in [0.15, 0.2) is 78.1 Å². The van der Waals surface area contributed by atoms with Crippen LogP contribution in [0.1, 0.15) is 32.1 Å². The predicted molar refractivity (Wildman–Crippen MR) is 129 cm³/mol. The van der Waals surface area contributed by atoms with Crippen LogP contribution in [-0.2, 0) is 11.8 Å². The number of anilines is 1. The van der Waals surface area contributed by atoms with E-state index in [9.17, 15) is 0 Å². The monoisotopic (exact) mass is 438 g/mol. The van der Waals surface area contributed by atoms with Crippen molar-refractivity contribution >= 4 is 16.9 Å². The molecule has 0 bridgehead atoms. The Kier molecular flexibility index (Phi) is 5.38. The molecule has 166 valence electrons. The molecule has 2 aromatic carbocycles. The topological polar surface area (TPSA) is 81.7 Å². The van der Waals surface area contributed by atoms with Gasteiger partial charge in [-0.15, -0.1) is 0 Å². The van der Waals surface area contributed by atoms with Crippen LogP contribution < -0.4 is 5.32 Å². The molecule has 0 amide bonds. The van der Waals surface area contributed by atoms with Crippen LogP contribution in [0.5, 0.6) is 0 Å². The second kappa shape index (κ2) is 8.50. The number of nitrogens with zero attached hydrogens (tertiary/aromatic N) is 5. The van der Waals surface area contributed by atoms with E-state index < -0.39 is 0 Å². The molecule has 7 heteroatoms. The van der Waals surface area contributed by atoms with E-state index in [-0.39, 0.29) is 5.41 Å². The van der Waals surface area contributed by atoms with E-state index in [2.05, 4.69) is 93.2 Å². The minimum absolute atomic E-state index is 0.0439. The fourth-order valence-electron chi connectivity index (χ4n) is 3.72. The lowest BCUT2D eigenvalue weighted by atomic mass is 9.93. The Labute approximate surface area is 192 Å². The van der Waals surface area contributed by atoms with Crippen LogP contribution in [0.2, 0.25) is 0 Å². The van der Waals surface area contributed by atoms with Gasteiger partial charge in [0.25, 0.3) is 0 Å². The molecule has 1 N–H and O–H groups in total. The van der Waals surface area contributed by atoms with E-state index in [1.807, 2.05) is 24.8 Å². The van der Waals surface area contributed by atoms with Crippen LogP contribution in [0.3, 0.4) is 0 Å². The molecule has 0 radical (unpaired) electrons. The Hall–Kier alpha value is -4.00. The van der Waals surface area contributed by atoms with Crippen molar-refractivity contribution in [3.8, 4) is 16.8 Å². The fourth-order valence-corrected chi connectivity index (χ4v) is 3.72. The first-order valence-corrected chi connectivity index (χ1v) is 11.0. The van der Waals surface area contributed by atoms with Gasteiger partial charge in [0.05, 0.1) is 11.0 Å². The van der Waals surface area contributed by atoms with E-state index >= 15 is 0 Å². The standard InChI is InChI=1S/C26H26N6O/c1-26(2,3)24-13-25(31-33-24)29-11-10-18-4-7-21(8-5-18)32-17-30-22-12-19(6-9-23(22)32)20-14-27-16-28-15-20/h4-9,12-17H,10-11H2,1-3H3,(H,29,31). The van der Waals surface area contributed by atoms with Crippen molar-refractivity contribution in [1.29, 1.82) is 0 Å². The summed E-state index contributed by atoms with van der Waals surface area (Å²) in [4.78, 5) is 12.8. The molecule has 3 aromatic heterocycles. The van der Waals surface area contributed by atoms with Gasteiger partial charge in [0.1, 0.15) is 18.4 Å². The summed E-state index contributed by atoms with van der Waals surface area (Å²) in [6.07, 6.45) is 7.92. The Morgan fingerprint density at radius 3 is 2.45 bits per heavy atom. The number of hydrogen-bond acceptors (Lipinski definition) is 6. The molecule has 0 fully saturated rings. The summed E-state index contributed by atoms with van der Waals surface area (Å²) < 4.78 is 7.53. The first-order chi connectivity index (χ1) is 16.0. The fraction of sp³-hybridized carbons (Fsp3) is 0.231. The summed E-state index contributed by atoms with van der Waals surface area (Å²) in [5.74, 6) is 1.66. The molecule has 0 unspecified atom stereocenters. The molecule has 5 rings (SSSR count). The molecule has 3 heterocycles. The van der Waals surface area contributed by atoms with E-state index in [4.69, 9.17) is 4.52 Å². The highest BCUT2D eigenvalue weighted by Crippen LogP contribution is 2.26. The number of rotatable bonds is 6. The third-order valence-electron chi connectivity index (χ3n) is 5.62. The summed E-state index contributed by atoms with van der Waals surface area (Å²) in [5.41, 5.74) is 6.32. The normalized spacial score (nSPS) is 11.7. The van der Waals surface area contributed by atoms with Crippen LogP contribution in [-0.4, -0.2) is 31.2 Å². The maximum Gasteiger partial charge on any atom is 0.169 e. The molecule has 0 aliphatic rings. The van der Waals surface area contributed by atoms with Gasteiger partial charge in [-0.3, -0.25) is 4.57 Å². The quantitative estimate of drug-likeness (QED) is 0.381. The third-order valence-corrected chi connectivity index (χ3v) is 5.62. The Bertz CT molecular complexity index is 1360. The zero-order valence-electron chi connectivity index (χ0n) is 19.0. The van der Waals surface area contributed by atoms with Crippen molar-refractivity contribution in [2.24, 2.45) is 0 Å². The minimum atomic E-state index is -0.0439. The summed E-state index contributed by atoms with van der Waals surface area (Å²) in [7, 11) is 0. The molecular formula is C26H26N6O. The summed E-state index contributed by atoms with van der Waals surface area (Å²) in [6, 6.07) is 16.8. The molecule has 0 aliphatic carbocycles. The lowest BCUT2D eigenvalue weighted by Crippen LogP contribution is -2.09. The summed E-state index contributed by atoms with van der Waals surface area (Å²) in [6.45, 7) is 7.12. The van der Waals surface area contributed by atoms with Gasteiger partial charge in [-0.25, -0.2) is 15.0 Å². The van der Waals surface area contributed by atoms with E-state index in [1.54, 1.807) is 0 Å². The minimum Gasteiger partial charge on any atom is -0.367 e. The predicted octanol–water partition coefficient (Wildman–Crippen LogP) is 5.42. The summed E-state index contributed by atoms with van der Waals surface area (Å²) in [5, 5.41) is 7.45. The SMILES string of the molecule is CC(C)(C)c1cc(NCCc2ccc(-n3cnc4cc(-c5cncnc5)ccc43)cc2)no1. The Morgan fingerprint density at radius 2 is 1.73 bits per heavy atom. The zero-order valence-corrected chi connectivity index (χ0v) is 19.0. The zero-order chi connectivity index (χ0) is 22.8. The average molecular weight is 439 g/mol. The maximum absolute atomic E-state index is 5.43. The van der Waals surface area contributed by atoms with E-state index in [0.29, 0.717) is 0 Å². The van der Waals surface area contributed by atoms with Crippen molar-refractivity contribution < 1.29 is 4.52 Å². The second-order valence-electron chi connectivity index (χ2n) is 9.11. The van der Waals surface area contributed by atoms with Crippen LogP contribution in [0, 0.1) is 0 Å². The van der Waals surface area contributed by atoms with Crippen molar-refractivity contribution in [2.45, 2.75) is 32.6 Å². The Morgan fingerprint density at radius 1 is 0.939 bits per heavy atom. The van der Waals surface area contributed by atoms with Crippen LogP contribution in [0.25, 0.3) is 27.8 Å². The highest BCUT2D eigenvalue weighted by atomic mass is 16.5. The molecule has 0 saturated heterocycles. The van der Waals surface area contributed by atoms with Crippen molar-refractivity contribution in [3.63, 3.8) is 0 Å². The first-order valence-electron chi connectivity index (χ1n) is 11.0. The van der Waals surface area contributed by atoms with Gasteiger partial charge in [0.15, 0.2) is 5.82 Å². The van der Waals surface area contributed by atoms with E-state index in [1.165, 1.54) is 11.9 Å². The number of hydrogen-bond donors (Lipinski definition) is 1. The third kappa shape index (κ3) is 4.48. The molecule has 0 saturated carbocycles. The first kappa shape index (κ1) is 20.9. The van der Waals surface area contributed by atoms with Gasteiger partial charge in [-0.2, -0.15) is 0 Å². The largest absolute Gasteiger partial charge is 0.367 e. The number of fused-ring (bicyclic) bond motifs is 1. The number of benzene rings is 2. The molecule has 0 atom stereocenters. The molecule has 33 heavy (non-hydrogen) atoms. The summed E-state index contributed by atoms with van der Waals surface area (Å²) >= 11 is 0. The molecule has 0 spiro atoms. The van der Waals surface area contributed by atoms with Crippen LogP contribution in [0.4, 0.5) is 5.82 Å². The second-order valence-corrected chi connectivity index (χ2v) is 9.11. The highest BCUT2D eigenvalue weighted by molar-refractivity contribution is 5.83. The lowest BCUT2D eigenvalue weighted by molar-refractivity contribution is 0.330. The van der Waals surface area contributed by atoms with Gasteiger partial charge >= 0.3 is 0 Å². The number of aromatic nitrogens is 5. The van der Waals surface area contributed by atoms with Gasteiger partial charge in [0.2, 0.25) is 0 Å². The Balaban J connectivity index is 1.26. The van der Waals surface area contributed by atoms with Gasteiger partial charge in [-0.1, -0.05) is 44.1 Å². The van der Waals surface area contributed by atoms with Gasteiger partial charge in [0, 0.05) is 41.7 Å². The smallest absolute Gasteiger partial charge is 0.169 e. The van der Waals surface area contributed by atoms with Crippen molar-refractivity contribution in [2.75, 3.05) is 11.9 Å².